The lowest BCUT2D eigenvalue weighted by Gasteiger charge is -2.24. The minimum absolute atomic E-state index is 0.152. The average Bonchev–Trinajstić information content (AvgIpc) is 3.10. The summed E-state index contributed by atoms with van der Waals surface area (Å²) in [7, 11) is 1.47. The van der Waals surface area contributed by atoms with Crippen LogP contribution >= 0.6 is 11.6 Å². The van der Waals surface area contributed by atoms with E-state index in [0.29, 0.717) is 11.4 Å². The fourth-order valence-electron chi connectivity index (χ4n) is 2.11. The molecular formula is C19H22ClN3O5. The minimum atomic E-state index is -0.648. The van der Waals surface area contributed by atoms with Crippen molar-refractivity contribution in [1.29, 1.82) is 0 Å². The van der Waals surface area contributed by atoms with E-state index in [9.17, 15) is 14.4 Å². The zero-order valence-electron chi connectivity index (χ0n) is 16.0. The van der Waals surface area contributed by atoms with Gasteiger partial charge in [-0.1, -0.05) is 11.6 Å². The van der Waals surface area contributed by atoms with Gasteiger partial charge in [0.05, 0.1) is 17.0 Å². The molecule has 0 unspecified atom stereocenters. The van der Waals surface area contributed by atoms with Gasteiger partial charge in [-0.15, -0.1) is 0 Å². The number of rotatable bonds is 5. The molecule has 0 fully saturated rings. The molecule has 28 heavy (non-hydrogen) atoms. The second-order valence-electron chi connectivity index (χ2n) is 7.01. The summed E-state index contributed by atoms with van der Waals surface area (Å²) in [6.45, 7) is 5.04. The summed E-state index contributed by atoms with van der Waals surface area (Å²) < 4.78 is 10.2. The first-order valence-electron chi connectivity index (χ1n) is 8.43. The fraction of sp³-hybridized carbons (Fsp3) is 0.316. The number of hydrogen-bond donors (Lipinski definition) is 2. The van der Waals surface area contributed by atoms with E-state index in [1.165, 1.54) is 30.3 Å². The SMILES string of the molecule is CN(CC(=O)Nc1ccc(NC(=O)c2ccco2)c(Cl)c1)C(=O)OC(C)(C)C. The molecule has 0 aliphatic rings. The van der Waals surface area contributed by atoms with Gasteiger partial charge >= 0.3 is 6.09 Å². The van der Waals surface area contributed by atoms with Crippen LogP contribution in [0.5, 0.6) is 0 Å². The lowest BCUT2D eigenvalue weighted by molar-refractivity contribution is -0.117. The van der Waals surface area contributed by atoms with Crippen LogP contribution in [-0.2, 0) is 9.53 Å². The largest absolute Gasteiger partial charge is 0.459 e. The highest BCUT2D eigenvalue weighted by atomic mass is 35.5. The summed E-state index contributed by atoms with van der Waals surface area (Å²) >= 11 is 6.17. The molecule has 1 aromatic heterocycles. The number of carbonyl (C=O) groups is 3. The molecule has 0 saturated carbocycles. The van der Waals surface area contributed by atoms with Gasteiger partial charge in [0.15, 0.2) is 5.76 Å². The molecular weight excluding hydrogens is 386 g/mol. The van der Waals surface area contributed by atoms with E-state index in [1.54, 1.807) is 39.0 Å². The minimum Gasteiger partial charge on any atom is -0.459 e. The number of anilines is 2. The van der Waals surface area contributed by atoms with Crippen molar-refractivity contribution < 1.29 is 23.5 Å². The molecule has 0 aliphatic heterocycles. The Bertz CT molecular complexity index is 859. The Labute approximate surface area is 167 Å². The van der Waals surface area contributed by atoms with Gasteiger partial charge in [-0.2, -0.15) is 0 Å². The van der Waals surface area contributed by atoms with Crippen molar-refractivity contribution in [3.63, 3.8) is 0 Å². The number of ether oxygens (including phenoxy) is 1. The molecule has 1 heterocycles. The van der Waals surface area contributed by atoms with Gasteiger partial charge in [-0.3, -0.25) is 9.59 Å². The van der Waals surface area contributed by atoms with Crippen molar-refractivity contribution in [3.05, 3.63) is 47.4 Å². The van der Waals surface area contributed by atoms with E-state index < -0.39 is 23.5 Å². The van der Waals surface area contributed by atoms with Crippen LogP contribution in [0.3, 0.4) is 0 Å². The number of amides is 3. The Morgan fingerprint density at radius 2 is 1.89 bits per heavy atom. The van der Waals surface area contributed by atoms with Gasteiger partial charge in [0, 0.05) is 12.7 Å². The van der Waals surface area contributed by atoms with Gasteiger partial charge in [0.25, 0.3) is 5.91 Å². The second kappa shape index (κ2) is 8.79. The number of nitrogens with one attached hydrogen (secondary N) is 2. The smallest absolute Gasteiger partial charge is 0.410 e. The van der Waals surface area contributed by atoms with Crippen LogP contribution < -0.4 is 10.6 Å². The lowest BCUT2D eigenvalue weighted by atomic mass is 10.2. The predicted octanol–water partition coefficient (Wildman–Crippen LogP) is 3.99. The molecule has 0 radical (unpaired) electrons. The Morgan fingerprint density at radius 1 is 1.18 bits per heavy atom. The fourth-order valence-corrected chi connectivity index (χ4v) is 2.33. The van der Waals surface area contributed by atoms with Gasteiger partial charge in [-0.25, -0.2) is 4.79 Å². The molecule has 2 rings (SSSR count). The van der Waals surface area contributed by atoms with E-state index in [0.717, 1.165) is 0 Å². The van der Waals surface area contributed by atoms with Crippen LogP contribution in [0.25, 0.3) is 0 Å². The Kier molecular flexibility index (Phi) is 6.69. The maximum absolute atomic E-state index is 12.1. The topological polar surface area (TPSA) is 101 Å². The molecule has 0 aliphatic carbocycles. The predicted molar refractivity (Wildman–Crippen MR) is 106 cm³/mol. The zero-order chi connectivity index (χ0) is 20.9. The summed E-state index contributed by atoms with van der Waals surface area (Å²) in [5.41, 5.74) is 0.140. The summed E-state index contributed by atoms with van der Waals surface area (Å²) in [5.74, 6) is -0.710. The van der Waals surface area contributed by atoms with Gasteiger partial charge in [-0.05, 0) is 51.1 Å². The number of furan rings is 1. The van der Waals surface area contributed by atoms with E-state index >= 15 is 0 Å². The maximum atomic E-state index is 12.1. The summed E-state index contributed by atoms with van der Waals surface area (Å²) in [5, 5.41) is 5.49. The third kappa shape index (κ3) is 6.31. The van der Waals surface area contributed by atoms with Crippen molar-refractivity contribution in [2.75, 3.05) is 24.2 Å². The second-order valence-corrected chi connectivity index (χ2v) is 7.42. The monoisotopic (exact) mass is 407 g/mol. The third-order valence-electron chi connectivity index (χ3n) is 3.33. The van der Waals surface area contributed by atoms with Crippen LogP contribution in [0, 0.1) is 0 Å². The molecule has 1 aromatic carbocycles. The number of likely N-dealkylation sites (N-methyl/N-ethyl adjacent to an activating group) is 1. The van der Waals surface area contributed by atoms with Crippen molar-refractivity contribution in [2.24, 2.45) is 0 Å². The highest BCUT2D eigenvalue weighted by Crippen LogP contribution is 2.26. The Morgan fingerprint density at radius 3 is 2.46 bits per heavy atom. The van der Waals surface area contributed by atoms with E-state index in [2.05, 4.69) is 10.6 Å². The molecule has 2 N–H and O–H groups in total. The zero-order valence-corrected chi connectivity index (χ0v) is 16.8. The quantitative estimate of drug-likeness (QED) is 0.780. The first kappa shape index (κ1) is 21.3. The molecule has 9 heteroatoms. The van der Waals surface area contributed by atoms with E-state index in [4.69, 9.17) is 20.8 Å². The van der Waals surface area contributed by atoms with E-state index in [1.807, 2.05) is 0 Å². The number of hydrogen-bond acceptors (Lipinski definition) is 5. The van der Waals surface area contributed by atoms with Crippen molar-refractivity contribution in [3.8, 4) is 0 Å². The molecule has 0 atom stereocenters. The average molecular weight is 408 g/mol. The highest BCUT2D eigenvalue weighted by molar-refractivity contribution is 6.34. The van der Waals surface area contributed by atoms with Crippen LogP contribution in [0.4, 0.5) is 16.2 Å². The van der Waals surface area contributed by atoms with Crippen molar-refractivity contribution in [2.45, 2.75) is 26.4 Å². The summed E-state index contributed by atoms with van der Waals surface area (Å²) in [4.78, 5) is 37.2. The Hall–Kier alpha value is -3.00. The molecule has 0 saturated heterocycles. The van der Waals surface area contributed by atoms with Crippen molar-refractivity contribution >= 4 is 40.9 Å². The standard InChI is InChI=1S/C19H22ClN3O5/c1-19(2,3)28-18(26)23(4)11-16(24)21-12-7-8-14(13(20)10-12)22-17(25)15-6-5-9-27-15/h5-10H,11H2,1-4H3,(H,21,24)(H,22,25). The summed E-state index contributed by atoms with van der Waals surface area (Å²) in [6, 6.07) is 7.75. The highest BCUT2D eigenvalue weighted by Gasteiger charge is 2.21. The molecule has 2 aromatic rings. The van der Waals surface area contributed by atoms with Gasteiger partial charge < -0.3 is 24.7 Å². The normalized spacial score (nSPS) is 10.9. The van der Waals surface area contributed by atoms with E-state index in [-0.39, 0.29) is 17.3 Å². The number of nitrogens with zero attached hydrogens (tertiary/aromatic N) is 1. The van der Waals surface area contributed by atoms with Crippen LogP contribution in [-0.4, -0.2) is 42.0 Å². The van der Waals surface area contributed by atoms with Gasteiger partial charge in [0.1, 0.15) is 12.1 Å². The Balaban J connectivity index is 1.93. The van der Waals surface area contributed by atoms with Crippen LogP contribution in [0.1, 0.15) is 31.3 Å². The number of halogens is 1. The van der Waals surface area contributed by atoms with Crippen LogP contribution in [0.15, 0.2) is 41.0 Å². The molecule has 150 valence electrons. The molecule has 0 bridgehead atoms. The van der Waals surface area contributed by atoms with Crippen LogP contribution in [0.2, 0.25) is 5.02 Å². The lowest BCUT2D eigenvalue weighted by Crippen LogP contribution is -2.38. The van der Waals surface area contributed by atoms with Gasteiger partial charge in [0.2, 0.25) is 5.91 Å². The summed E-state index contributed by atoms with van der Waals surface area (Å²) in [6.07, 6.45) is 0.792. The maximum Gasteiger partial charge on any atom is 0.410 e. The first-order valence-corrected chi connectivity index (χ1v) is 8.81. The third-order valence-corrected chi connectivity index (χ3v) is 3.64. The number of benzene rings is 1. The number of carbonyl (C=O) groups excluding carboxylic acids is 3. The first-order chi connectivity index (χ1) is 13.0. The molecule has 0 spiro atoms. The molecule has 8 nitrogen and oxygen atoms in total. The molecule has 3 amide bonds. The van der Waals surface area contributed by atoms with Crippen molar-refractivity contribution in [1.82, 2.24) is 4.90 Å².